The number of anilines is 1. The summed E-state index contributed by atoms with van der Waals surface area (Å²) < 4.78 is 5.14. The molecule has 1 N–H and O–H groups in total. The van der Waals surface area contributed by atoms with Gasteiger partial charge in [0.2, 0.25) is 11.7 Å². The van der Waals surface area contributed by atoms with Crippen LogP contribution in [0.1, 0.15) is 5.89 Å². The molecule has 8 heteroatoms. The van der Waals surface area contributed by atoms with Crippen molar-refractivity contribution in [3.63, 3.8) is 0 Å². The van der Waals surface area contributed by atoms with Crippen LogP contribution in [0.2, 0.25) is 5.02 Å². The van der Waals surface area contributed by atoms with Gasteiger partial charge in [0.25, 0.3) is 5.69 Å². The van der Waals surface area contributed by atoms with Crippen LogP contribution in [0.25, 0.3) is 11.4 Å². The van der Waals surface area contributed by atoms with Crippen LogP contribution in [0.5, 0.6) is 0 Å². The largest absolute Gasteiger partial charge is 0.376 e. The van der Waals surface area contributed by atoms with Crippen LogP contribution in [-0.2, 0) is 6.54 Å². The summed E-state index contributed by atoms with van der Waals surface area (Å²) in [6.07, 6.45) is 0. The van der Waals surface area contributed by atoms with E-state index in [1.54, 1.807) is 24.3 Å². The quantitative estimate of drug-likeness (QED) is 0.563. The van der Waals surface area contributed by atoms with Gasteiger partial charge in [0.1, 0.15) is 0 Å². The number of nitro groups is 1. The number of hydrogen-bond donors (Lipinski definition) is 1. The van der Waals surface area contributed by atoms with Gasteiger partial charge in [0.15, 0.2) is 0 Å². The molecule has 2 aromatic carbocycles. The van der Waals surface area contributed by atoms with Gasteiger partial charge in [-0.25, -0.2) is 0 Å². The van der Waals surface area contributed by atoms with E-state index in [1.165, 1.54) is 12.1 Å². The second-order valence-electron chi connectivity index (χ2n) is 4.68. The third-order valence-corrected chi connectivity index (χ3v) is 3.29. The van der Waals surface area contributed by atoms with Gasteiger partial charge in [-0.1, -0.05) is 35.0 Å². The molecule has 0 aliphatic rings. The molecular formula is C15H11ClN4O3. The Balaban J connectivity index is 1.73. The SMILES string of the molecule is O=[N+]([O-])c1cccc(-c2noc(CNc3cccc(Cl)c3)n2)c1. The molecule has 0 spiro atoms. The first-order valence-corrected chi connectivity index (χ1v) is 7.06. The van der Waals surface area contributed by atoms with E-state index in [4.69, 9.17) is 16.1 Å². The number of halogens is 1. The normalized spacial score (nSPS) is 10.5. The molecule has 1 aromatic heterocycles. The zero-order valence-electron chi connectivity index (χ0n) is 11.8. The lowest BCUT2D eigenvalue weighted by molar-refractivity contribution is -0.384. The molecule has 0 amide bonds. The first kappa shape index (κ1) is 15.0. The Kier molecular flexibility index (Phi) is 4.20. The Bertz CT molecular complexity index is 850. The van der Waals surface area contributed by atoms with E-state index < -0.39 is 4.92 Å². The number of benzene rings is 2. The summed E-state index contributed by atoms with van der Waals surface area (Å²) in [5.41, 5.74) is 1.33. The maximum atomic E-state index is 10.8. The number of aromatic nitrogens is 2. The standard InChI is InChI=1S/C15H11ClN4O3/c16-11-4-2-5-12(8-11)17-9-14-18-15(19-23-14)10-3-1-6-13(7-10)20(21)22/h1-8,17H,9H2. The molecule has 0 unspecified atom stereocenters. The van der Waals surface area contributed by atoms with Crippen LogP contribution in [0.15, 0.2) is 53.1 Å². The highest BCUT2D eigenvalue weighted by molar-refractivity contribution is 6.30. The third-order valence-electron chi connectivity index (χ3n) is 3.05. The Morgan fingerprint density at radius 2 is 2.04 bits per heavy atom. The summed E-state index contributed by atoms with van der Waals surface area (Å²) >= 11 is 5.90. The summed E-state index contributed by atoms with van der Waals surface area (Å²) in [6.45, 7) is 0.322. The maximum absolute atomic E-state index is 10.8. The van der Waals surface area contributed by atoms with E-state index in [1.807, 2.05) is 12.1 Å². The van der Waals surface area contributed by atoms with Crippen molar-refractivity contribution in [3.05, 3.63) is 69.6 Å². The fourth-order valence-electron chi connectivity index (χ4n) is 1.98. The summed E-state index contributed by atoms with van der Waals surface area (Å²) in [6, 6.07) is 13.3. The molecule has 0 aliphatic carbocycles. The van der Waals surface area contributed by atoms with Crippen LogP contribution in [0.4, 0.5) is 11.4 Å². The maximum Gasteiger partial charge on any atom is 0.270 e. The van der Waals surface area contributed by atoms with Crippen LogP contribution in [-0.4, -0.2) is 15.1 Å². The van der Waals surface area contributed by atoms with Crippen LogP contribution >= 0.6 is 11.6 Å². The molecule has 0 atom stereocenters. The monoisotopic (exact) mass is 330 g/mol. The second kappa shape index (κ2) is 6.45. The van der Waals surface area contributed by atoms with E-state index in [9.17, 15) is 10.1 Å². The molecule has 0 bridgehead atoms. The molecule has 0 saturated carbocycles. The van der Waals surface area contributed by atoms with Crippen molar-refractivity contribution < 1.29 is 9.45 Å². The minimum absolute atomic E-state index is 0.0223. The molecule has 23 heavy (non-hydrogen) atoms. The predicted octanol–water partition coefficient (Wildman–Crippen LogP) is 3.91. The highest BCUT2D eigenvalue weighted by atomic mass is 35.5. The Labute approximate surface area is 136 Å². The van der Waals surface area contributed by atoms with Gasteiger partial charge in [0.05, 0.1) is 11.5 Å². The Hall–Kier alpha value is -2.93. The number of nitrogens with zero attached hydrogens (tertiary/aromatic N) is 3. The van der Waals surface area contributed by atoms with Crippen molar-refractivity contribution in [3.8, 4) is 11.4 Å². The van der Waals surface area contributed by atoms with E-state index in [0.29, 0.717) is 28.8 Å². The minimum atomic E-state index is -0.467. The second-order valence-corrected chi connectivity index (χ2v) is 5.12. The predicted molar refractivity (Wildman–Crippen MR) is 85.2 cm³/mol. The molecular weight excluding hydrogens is 320 g/mol. The average molecular weight is 331 g/mol. The van der Waals surface area contributed by atoms with Crippen LogP contribution in [0, 0.1) is 10.1 Å². The molecule has 7 nitrogen and oxygen atoms in total. The van der Waals surface area contributed by atoms with Gasteiger partial charge in [-0.3, -0.25) is 10.1 Å². The lowest BCUT2D eigenvalue weighted by Crippen LogP contribution is -1.99. The van der Waals surface area contributed by atoms with Gasteiger partial charge >= 0.3 is 0 Å². The van der Waals surface area contributed by atoms with Gasteiger partial charge < -0.3 is 9.84 Å². The Morgan fingerprint density at radius 1 is 1.22 bits per heavy atom. The highest BCUT2D eigenvalue weighted by Gasteiger charge is 2.12. The molecule has 0 aliphatic heterocycles. The third kappa shape index (κ3) is 3.64. The zero-order chi connectivity index (χ0) is 16.2. The molecule has 3 rings (SSSR count). The van der Waals surface area contributed by atoms with Crippen molar-refractivity contribution >= 4 is 23.0 Å². The average Bonchev–Trinajstić information content (AvgIpc) is 3.02. The lowest BCUT2D eigenvalue weighted by Gasteiger charge is -2.02. The highest BCUT2D eigenvalue weighted by Crippen LogP contribution is 2.22. The lowest BCUT2D eigenvalue weighted by atomic mass is 10.2. The van der Waals surface area contributed by atoms with Crippen molar-refractivity contribution in [2.45, 2.75) is 6.54 Å². The van der Waals surface area contributed by atoms with E-state index >= 15 is 0 Å². The molecule has 0 fully saturated rings. The molecule has 3 aromatic rings. The van der Waals surface area contributed by atoms with Crippen molar-refractivity contribution in [2.75, 3.05) is 5.32 Å². The van der Waals surface area contributed by atoms with Crippen LogP contribution < -0.4 is 5.32 Å². The summed E-state index contributed by atoms with van der Waals surface area (Å²) in [4.78, 5) is 14.6. The molecule has 1 heterocycles. The van der Waals surface area contributed by atoms with Crippen molar-refractivity contribution in [2.24, 2.45) is 0 Å². The first-order valence-electron chi connectivity index (χ1n) is 6.69. The fraction of sp³-hybridized carbons (Fsp3) is 0.0667. The van der Waals surface area contributed by atoms with E-state index in [2.05, 4.69) is 15.5 Å². The molecule has 0 saturated heterocycles. The Morgan fingerprint density at radius 3 is 2.83 bits per heavy atom. The first-order chi connectivity index (χ1) is 11.1. The fourth-order valence-corrected chi connectivity index (χ4v) is 2.17. The smallest absolute Gasteiger partial charge is 0.270 e. The number of non-ortho nitro benzene ring substituents is 1. The minimum Gasteiger partial charge on any atom is -0.376 e. The number of hydrogen-bond acceptors (Lipinski definition) is 6. The number of rotatable bonds is 5. The topological polar surface area (TPSA) is 94.1 Å². The summed E-state index contributed by atoms with van der Waals surface area (Å²) in [5, 5.41) is 18.4. The number of nitrogens with one attached hydrogen (secondary N) is 1. The molecule has 116 valence electrons. The van der Waals surface area contributed by atoms with E-state index in [-0.39, 0.29) is 5.69 Å². The summed E-state index contributed by atoms with van der Waals surface area (Å²) in [7, 11) is 0. The van der Waals surface area contributed by atoms with Crippen molar-refractivity contribution in [1.29, 1.82) is 0 Å². The van der Waals surface area contributed by atoms with Gasteiger partial charge in [0, 0.05) is 28.4 Å². The van der Waals surface area contributed by atoms with Gasteiger partial charge in [-0.15, -0.1) is 0 Å². The van der Waals surface area contributed by atoms with Crippen LogP contribution in [0.3, 0.4) is 0 Å². The van der Waals surface area contributed by atoms with Crippen molar-refractivity contribution in [1.82, 2.24) is 10.1 Å². The molecule has 0 radical (unpaired) electrons. The van der Waals surface area contributed by atoms with Gasteiger partial charge in [-0.05, 0) is 18.2 Å². The number of nitro benzene ring substituents is 1. The van der Waals surface area contributed by atoms with E-state index in [0.717, 1.165) is 5.69 Å². The zero-order valence-corrected chi connectivity index (χ0v) is 12.5. The summed E-state index contributed by atoms with van der Waals surface area (Å²) in [5.74, 6) is 0.670. The van der Waals surface area contributed by atoms with Gasteiger partial charge in [-0.2, -0.15) is 4.98 Å².